The van der Waals surface area contributed by atoms with Crippen LogP contribution in [0.1, 0.15) is 82.8 Å². The van der Waals surface area contributed by atoms with Crippen LogP contribution in [0, 0.1) is 25.7 Å². The molecule has 2 rings (SSSR count). The van der Waals surface area contributed by atoms with Gasteiger partial charge in [0.25, 0.3) is 0 Å². The largest absolute Gasteiger partial charge is 0.223 e. The first-order valence-corrected chi connectivity index (χ1v) is 16.1. The van der Waals surface area contributed by atoms with E-state index in [0.717, 1.165) is 56.1 Å². The monoisotopic (exact) mass is 528 g/mol. The smallest absolute Gasteiger partial charge is 0.214 e. The predicted octanol–water partition coefficient (Wildman–Crippen LogP) is 7.36. The van der Waals surface area contributed by atoms with Crippen LogP contribution < -0.4 is 0 Å². The Labute approximate surface area is 219 Å². The first kappa shape index (κ1) is 29.9. The number of allylic oxidation sites excluding steroid dienone is 1. The molecule has 0 saturated carbocycles. The second kappa shape index (κ2) is 14.4. The quantitative estimate of drug-likeness (QED) is 0.201. The van der Waals surface area contributed by atoms with Crippen molar-refractivity contribution in [2.24, 2.45) is 0 Å². The molecule has 0 heterocycles. The average Bonchev–Trinajstić information content (AvgIpc) is 2.84. The van der Waals surface area contributed by atoms with Gasteiger partial charge in [0.2, 0.25) is 9.84 Å². The summed E-state index contributed by atoms with van der Waals surface area (Å²) >= 11 is 0. The third-order valence-corrected chi connectivity index (χ3v) is 9.64. The molecule has 0 atom stereocenters. The van der Waals surface area contributed by atoms with Gasteiger partial charge < -0.3 is 0 Å². The maximum absolute atomic E-state index is 13.8. The van der Waals surface area contributed by atoms with E-state index in [1.807, 2.05) is 13.8 Å². The van der Waals surface area contributed by atoms with Crippen molar-refractivity contribution in [1.29, 1.82) is 0 Å². The number of hydrogen-bond acceptors (Lipinski definition) is 4. The summed E-state index contributed by atoms with van der Waals surface area (Å²) in [6.07, 6.45) is 7.59. The topological polar surface area (TPSA) is 68.3 Å². The molecule has 36 heavy (non-hydrogen) atoms. The van der Waals surface area contributed by atoms with E-state index in [9.17, 15) is 16.8 Å². The summed E-state index contributed by atoms with van der Waals surface area (Å²) in [6, 6.07) is 13.4. The summed E-state index contributed by atoms with van der Waals surface area (Å²) in [5.74, 6) is 5.62. The highest BCUT2D eigenvalue weighted by molar-refractivity contribution is 7.95. The lowest BCUT2D eigenvalue weighted by Crippen LogP contribution is -2.15. The van der Waals surface area contributed by atoms with Crippen molar-refractivity contribution in [1.82, 2.24) is 0 Å². The molecule has 2 aromatic carbocycles. The first-order chi connectivity index (χ1) is 17.1. The number of aryl methyl sites for hydroxylation is 2. The van der Waals surface area contributed by atoms with E-state index in [-0.39, 0.29) is 20.4 Å². The Morgan fingerprint density at radius 1 is 0.694 bits per heavy atom. The van der Waals surface area contributed by atoms with Crippen LogP contribution in [0.4, 0.5) is 0 Å². The normalized spacial score (nSPS) is 12.6. The molecule has 0 aliphatic rings. The lowest BCUT2D eigenvalue weighted by molar-refractivity contribution is 0.595. The zero-order valence-corrected chi connectivity index (χ0v) is 23.8. The molecule has 196 valence electrons. The molecule has 0 radical (unpaired) electrons. The van der Waals surface area contributed by atoms with Gasteiger partial charge in [-0.2, -0.15) is 0 Å². The summed E-state index contributed by atoms with van der Waals surface area (Å²) < 4.78 is 54.4. The minimum atomic E-state index is -3.97. The van der Waals surface area contributed by atoms with Crippen molar-refractivity contribution in [3.63, 3.8) is 0 Å². The molecule has 0 spiro atoms. The van der Waals surface area contributed by atoms with Gasteiger partial charge in [-0.05, 0) is 62.9 Å². The highest BCUT2D eigenvalue weighted by Crippen LogP contribution is 2.28. The van der Waals surface area contributed by atoms with Crippen LogP contribution in [0.25, 0.3) is 0 Å². The second-order valence-electron chi connectivity index (χ2n) is 9.39. The van der Waals surface area contributed by atoms with Gasteiger partial charge in [-0.25, -0.2) is 16.8 Å². The number of rotatable bonds is 13. The van der Waals surface area contributed by atoms with Crippen LogP contribution in [0.5, 0.6) is 0 Å². The summed E-state index contributed by atoms with van der Waals surface area (Å²) in [5, 5.41) is 0. The maximum atomic E-state index is 13.8. The minimum absolute atomic E-state index is 0.0463. The standard InChI is InChI=1S/C30H40O4S2/c1-5-7-9-11-13-15-30(36(33,34)29-22-18-26(4)19-23-29)27(14-12-10-8-6-2)24-35(31,32)28-20-16-25(3)17-21-28/h16-23H,5-12,14,24H2,1-4H3/b30-27-. The summed E-state index contributed by atoms with van der Waals surface area (Å²) in [7, 11) is -7.71. The number of hydrogen-bond donors (Lipinski definition) is 0. The molecule has 0 aromatic heterocycles. The van der Waals surface area contributed by atoms with Gasteiger partial charge in [-0.15, -0.1) is 0 Å². The fraction of sp³-hybridized carbons (Fsp3) is 0.467. The third-order valence-electron chi connectivity index (χ3n) is 6.10. The Hall–Kier alpha value is -2.36. The van der Waals surface area contributed by atoms with Crippen molar-refractivity contribution in [3.8, 4) is 11.8 Å². The zero-order chi connectivity index (χ0) is 26.6. The van der Waals surface area contributed by atoms with Crippen molar-refractivity contribution in [2.45, 2.75) is 95.3 Å². The van der Waals surface area contributed by atoms with Crippen molar-refractivity contribution < 1.29 is 16.8 Å². The van der Waals surface area contributed by atoms with E-state index in [1.165, 1.54) is 0 Å². The molecule has 6 heteroatoms. The van der Waals surface area contributed by atoms with Gasteiger partial charge in [0.1, 0.15) is 4.91 Å². The summed E-state index contributed by atoms with van der Waals surface area (Å²) in [6.45, 7) is 8.00. The van der Waals surface area contributed by atoms with Gasteiger partial charge >= 0.3 is 0 Å². The number of unbranched alkanes of at least 4 members (excludes halogenated alkanes) is 6. The van der Waals surface area contributed by atoms with Crippen LogP contribution in [-0.4, -0.2) is 22.6 Å². The van der Waals surface area contributed by atoms with E-state index in [4.69, 9.17) is 0 Å². The molecular formula is C30H40O4S2. The van der Waals surface area contributed by atoms with E-state index < -0.39 is 19.7 Å². The van der Waals surface area contributed by atoms with Gasteiger partial charge in [0, 0.05) is 6.42 Å². The molecule has 0 aliphatic heterocycles. The van der Waals surface area contributed by atoms with E-state index >= 15 is 0 Å². The molecule has 0 fully saturated rings. The molecule has 0 unspecified atom stereocenters. The van der Waals surface area contributed by atoms with Crippen molar-refractivity contribution in [3.05, 3.63) is 70.1 Å². The second-order valence-corrected chi connectivity index (χ2v) is 13.3. The molecule has 0 bridgehead atoms. The molecule has 4 nitrogen and oxygen atoms in total. The predicted molar refractivity (Wildman–Crippen MR) is 149 cm³/mol. The van der Waals surface area contributed by atoms with Crippen LogP contribution in [-0.2, 0) is 19.7 Å². The molecule has 0 amide bonds. The Balaban J connectivity index is 2.63. The fourth-order valence-corrected chi connectivity index (χ4v) is 6.91. The van der Waals surface area contributed by atoms with Crippen molar-refractivity contribution in [2.75, 3.05) is 5.75 Å². The number of benzene rings is 2. The van der Waals surface area contributed by atoms with E-state index in [1.54, 1.807) is 48.5 Å². The lowest BCUT2D eigenvalue weighted by atomic mass is 10.1. The Morgan fingerprint density at radius 2 is 1.22 bits per heavy atom. The van der Waals surface area contributed by atoms with Gasteiger partial charge in [-0.3, -0.25) is 0 Å². The molecular weight excluding hydrogens is 488 g/mol. The Bertz CT molecular complexity index is 1270. The van der Waals surface area contributed by atoms with Crippen LogP contribution in [0.3, 0.4) is 0 Å². The van der Waals surface area contributed by atoms with E-state index in [2.05, 4.69) is 25.7 Å². The number of sulfone groups is 2. The first-order valence-electron chi connectivity index (χ1n) is 12.9. The molecule has 2 aromatic rings. The van der Waals surface area contributed by atoms with Gasteiger partial charge in [-0.1, -0.05) is 93.2 Å². The van der Waals surface area contributed by atoms with Crippen LogP contribution in [0.15, 0.2) is 68.8 Å². The SMILES string of the molecule is CCCCCC#C/C(=C(\CCCCCC)CS(=O)(=O)c1ccc(C)cc1)S(=O)(=O)c1ccc(C)cc1. The highest BCUT2D eigenvalue weighted by atomic mass is 32.2. The summed E-state index contributed by atoms with van der Waals surface area (Å²) in [4.78, 5) is 0.293. The van der Waals surface area contributed by atoms with Gasteiger partial charge in [0.05, 0.1) is 15.5 Å². The van der Waals surface area contributed by atoms with Crippen LogP contribution in [0.2, 0.25) is 0 Å². The van der Waals surface area contributed by atoms with Gasteiger partial charge in [0.15, 0.2) is 9.84 Å². The minimum Gasteiger partial charge on any atom is -0.223 e. The maximum Gasteiger partial charge on any atom is 0.214 e. The fourth-order valence-electron chi connectivity index (χ4n) is 3.86. The lowest BCUT2D eigenvalue weighted by Gasteiger charge is -2.14. The van der Waals surface area contributed by atoms with Crippen molar-refractivity contribution >= 4 is 19.7 Å². The van der Waals surface area contributed by atoms with E-state index in [0.29, 0.717) is 18.4 Å². The Morgan fingerprint density at radius 3 is 1.78 bits per heavy atom. The van der Waals surface area contributed by atoms with Crippen LogP contribution >= 0.6 is 0 Å². The highest BCUT2D eigenvalue weighted by Gasteiger charge is 2.27. The third kappa shape index (κ3) is 8.94. The molecule has 0 aliphatic carbocycles. The zero-order valence-electron chi connectivity index (χ0n) is 22.1. The average molecular weight is 529 g/mol. The molecule has 0 saturated heterocycles. The Kier molecular flexibility index (Phi) is 11.9. The summed E-state index contributed by atoms with van der Waals surface area (Å²) in [5.41, 5.74) is 2.30. The molecule has 0 N–H and O–H groups in total.